The van der Waals surface area contributed by atoms with E-state index in [1.807, 2.05) is 0 Å². The van der Waals surface area contributed by atoms with Gasteiger partial charge in [-0.05, 0) is 49.1 Å². The van der Waals surface area contributed by atoms with Gasteiger partial charge in [0.05, 0.1) is 0 Å². The first-order valence-corrected chi connectivity index (χ1v) is 12.2. The molecule has 8 heteroatoms. The van der Waals surface area contributed by atoms with Crippen molar-refractivity contribution < 1.29 is 13.2 Å². The van der Waals surface area contributed by atoms with Crippen LogP contribution in [0.4, 0.5) is 5.69 Å². The first-order chi connectivity index (χ1) is 13.8. The van der Waals surface area contributed by atoms with Gasteiger partial charge in [0.25, 0.3) is 10.0 Å². The molecule has 2 aliphatic heterocycles. The summed E-state index contributed by atoms with van der Waals surface area (Å²) in [5.41, 5.74) is 4.67. The quantitative estimate of drug-likeness (QED) is 0.747. The Balaban J connectivity index is 1.49. The van der Waals surface area contributed by atoms with Gasteiger partial charge in [0.2, 0.25) is 5.91 Å². The number of amides is 1. The van der Waals surface area contributed by atoms with Crippen LogP contribution in [0, 0.1) is 13.8 Å². The Morgan fingerprint density at radius 1 is 1.07 bits per heavy atom. The van der Waals surface area contributed by atoms with E-state index in [0.717, 1.165) is 16.9 Å². The van der Waals surface area contributed by atoms with Crippen molar-refractivity contribution in [1.29, 1.82) is 0 Å². The maximum Gasteiger partial charge on any atom is 0.252 e. The average molecular weight is 434 g/mol. The fourth-order valence-corrected chi connectivity index (χ4v) is 7.20. The molecule has 4 rings (SSSR count). The molecule has 0 atom stereocenters. The Bertz CT molecular complexity index is 1040. The van der Waals surface area contributed by atoms with Gasteiger partial charge in [-0.1, -0.05) is 12.1 Å². The van der Waals surface area contributed by atoms with Crippen molar-refractivity contribution in [3.8, 4) is 0 Å². The zero-order chi connectivity index (χ0) is 20.8. The molecule has 1 aromatic heterocycles. The standard InChI is InChI=1S/C21H27N3O3S2/c1-15-5-4-6-19(16(15)2)22-9-11-24(12-10-22)29(26,27)21-13-18-14-23(17(3)25)8-7-20(18)28-21/h4-6,13H,7-12,14H2,1-3H3. The number of carbonyl (C=O) groups is 1. The van der Waals surface area contributed by atoms with Gasteiger partial charge in [-0.2, -0.15) is 4.31 Å². The van der Waals surface area contributed by atoms with Crippen LogP contribution >= 0.6 is 11.3 Å². The third kappa shape index (κ3) is 3.81. The molecule has 0 radical (unpaired) electrons. The molecule has 6 nitrogen and oxygen atoms in total. The lowest BCUT2D eigenvalue weighted by atomic mass is 10.1. The molecule has 2 aromatic rings. The summed E-state index contributed by atoms with van der Waals surface area (Å²) in [6.07, 6.45) is 0.732. The molecular formula is C21H27N3O3S2. The Kier molecular flexibility index (Phi) is 5.44. The van der Waals surface area contributed by atoms with Crippen molar-refractivity contribution in [2.75, 3.05) is 37.6 Å². The summed E-state index contributed by atoms with van der Waals surface area (Å²) >= 11 is 1.37. The number of carbonyl (C=O) groups excluding carboxylic acids is 1. The fraction of sp³-hybridized carbons (Fsp3) is 0.476. The normalized spacial score (nSPS) is 18.0. The van der Waals surface area contributed by atoms with E-state index in [1.165, 1.54) is 28.2 Å². The Hall–Kier alpha value is -1.90. The van der Waals surface area contributed by atoms with Gasteiger partial charge in [0.1, 0.15) is 4.21 Å². The highest BCUT2D eigenvalue weighted by molar-refractivity contribution is 7.91. The second kappa shape index (κ2) is 7.74. The van der Waals surface area contributed by atoms with Crippen molar-refractivity contribution in [3.63, 3.8) is 0 Å². The van der Waals surface area contributed by atoms with Crippen LogP contribution in [0.2, 0.25) is 0 Å². The Morgan fingerprint density at radius 3 is 2.48 bits per heavy atom. The molecule has 156 valence electrons. The largest absolute Gasteiger partial charge is 0.369 e. The minimum atomic E-state index is -3.50. The predicted octanol–water partition coefficient (Wildman–Crippen LogP) is 2.78. The van der Waals surface area contributed by atoms with E-state index in [9.17, 15) is 13.2 Å². The lowest BCUT2D eigenvalue weighted by Gasteiger charge is -2.36. The van der Waals surface area contributed by atoms with Crippen molar-refractivity contribution in [1.82, 2.24) is 9.21 Å². The molecule has 2 aliphatic rings. The SMILES string of the molecule is CC(=O)N1CCc2sc(S(=O)(=O)N3CCN(c4cccc(C)c4C)CC3)cc2C1. The van der Waals surface area contributed by atoms with E-state index in [-0.39, 0.29) is 5.91 Å². The predicted molar refractivity (Wildman–Crippen MR) is 116 cm³/mol. The van der Waals surface area contributed by atoms with Crippen LogP contribution in [0.3, 0.4) is 0 Å². The number of hydrogen-bond acceptors (Lipinski definition) is 5. The molecule has 0 saturated carbocycles. The minimum Gasteiger partial charge on any atom is -0.369 e. The van der Waals surface area contributed by atoms with E-state index >= 15 is 0 Å². The first-order valence-electron chi connectivity index (χ1n) is 9.96. The lowest BCUT2D eigenvalue weighted by Crippen LogP contribution is -2.48. The topological polar surface area (TPSA) is 60.9 Å². The van der Waals surface area contributed by atoms with Gasteiger partial charge in [-0.3, -0.25) is 4.79 Å². The zero-order valence-electron chi connectivity index (χ0n) is 17.1. The van der Waals surface area contributed by atoms with E-state index in [0.29, 0.717) is 43.5 Å². The Morgan fingerprint density at radius 2 is 1.79 bits per heavy atom. The number of rotatable bonds is 3. The van der Waals surface area contributed by atoms with E-state index in [4.69, 9.17) is 0 Å². The minimum absolute atomic E-state index is 0.0359. The van der Waals surface area contributed by atoms with Crippen LogP contribution in [0.15, 0.2) is 28.5 Å². The van der Waals surface area contributed by atoms with Gasteiger partial charge in [0.15, 0.2) is 0 Å². The van der Waals surface area contributed by atoms with Crippen LogP contribution in [-0.2, 0) is 27.8 Å². The molecule has 0 spiro atoms. The lowest BCUT2D eigenvalue weighted by molar-refractivity contribution is -0.129. The third-order valence-corrected chi connectivity index (χ3v) is 9.62. The highest BCUT2D eigenvalue weighted by Gasteiger charge is 2.32. The summed E-state index contributed by atoms with van der Waals surface area (Å²) in [4.78, 5) is 16.8. The molecule has 29 heavy (non-hydrogen) atoms. The van der Waals surface area contributed by atoms with Crippen LogP contribution in [-0.4, -0.2) is 56.3 Å². The molecular weight excluding hydrogens is 406 g/mol. The number of thiophene rings is 1. The molecule has 1 fully saturated rings. The molecule has 1 amide bonds. The number of benzene rings is 1. The fourth-order valence-electron chi connectivity index (χ4n) is 4.08. The summed E-state index contributed by atoms with van der Waals surface area (Å²) in [7, 11) is -3.50. The number of hydrogen-bond donors (Lipinski definition) is 0. The number of aryl methyl sites for hydroxylation is 1. The van der Waals surface area contributed by atoms with Gasteiger partial charge in [0, 0.05) is 56.8 Å². The number of anilines is 1. The Labute approximate surface area is 176 Å². The van der Waals surface area contributed by atoms with Crippen molar-refractivity contribution in [2.45, 2.75) is 37.9 Å². The van der Waals surface area contributed by atoms with E-state index < -0.39 is 10.0 Å². The highest BCUT2D eigenvalue weighted by Crippen LogP contribution is 2.33. The average Bonchev–Trinajstić information content (AvgIpc) is 3.14. The maximum absolute atomic E-state index is 13.2. The smallest absolute Gasteiger partial charge is 0.252 e. The molecule has 0 aliphatic carbocycles. The zero-order valence-corrected chi connectivity index (χ0v) is 18.8. The second-order valence-corrected chi connectivity index (χ2v) is 11.1. The van der Waals surface area contributed by atoms with Crippen molar-refractivity contribution in [2.24, 2.45) is 0 Å². The number of sulfonamides is 1. The molecule has 0 bridgehead atoms. The maximum atomic E-state index is 13.2. The molecule has 0 unspecified atom stereocenters. The number of fused-ring (bicyclic) bond motifs is 1. The summed E-state index contributed by atoms with van der Waals surface area (Å²) in [5, 5.41) is 0. The first kappa shape index (κ1) is 20.4. The molecule has 0 N–H and O–H groups in total. The highest BCUT2D eigenvalue weighted by atomic mass is 32.2. The molecule has 1 aromatic carbocycles. The molecule has 1 saturated heterocycles. The van der Waals surface area contributed by atoms with Gasteiger partial charge in [-0.15, -0.1) is 11.3 Å². The van der Waals surface area contributed by atoms with Crippen LogP contribution in [0.25, 0.3) is 0 Å². The van der Waals surface area contributed by atoms with Crippen LogP contribution in [0.5, 0.6) is 0 Å². The molecule has 3 heterocycles. The van der Waals surface area contributed by atoms with E-state index in [1.54, 1.807) is 22.2 Å². The van der Waals surface area contributed by atoms with Crippen LogP contribution < -0.4 is 4.90 Å². The third-order valence-electron chi connectivity index (χ3n) is 6.04. The van der Waals surface area contributed by atoms with E-state index in [2.05, 4.69) is 36.9 Å². The number of nitrogens with zero attached hydrogens (tertiary/aromatic N) is 3. The van der Waals surface area contributed by atoms with Crippen LogP contribution in [0.1, 0.15) is 28.5 Å². The van der Waals surface area contributed by atoms with Crippen molar-refractivity contribution >= 4 is 33.0 Å². The summed E-state index contributed by atoms with van der Waals surface area (Å²) in [6, 6.07) is 8.05. The van der Waals surface area contributed by atoms with Gasteiger partial charge in [-0.25, -0.2) is 8.42 Å². The summed E-state index contributed by atoms with van der Waals surface area (Å²) in [6.45, 7) is 9.30. The van der Waals surface area contributed by atoms with Gasteiger partial charge >= 0.3 is 0 Å². The van der Waals surface area contributed by atoms with Crippen molar-refractivity contribution in [3.05, 3.63) is 45.8 Å². The van der Waals surface area contributed by atoms with Gasteiger partial charge < -0.3 is 9.80 Å². The number of piperazine rings is 1. The summed E-state index contributed by atoms with van der Waals surface area (Å²) in [5.74, 6) is 0.0359. The summed E-state index contributed by atoms with van der Waals surface area (Å²) < 4.78 is 28.5. The second-order valence-electron chi connectivity index (χ2n) is 7.81. The monoisotopic (exact) mass is 433 g/mol.